The Morgan fingerprint density at radius 3 is 2.38 bits per heavy atom. The van der Waals surface area contributed by atoms with Crippen LogP contribution in [0, 0.1) is 0 Å². The summed E-state index contributed by atoms with van der Waals surface area (Å²) in [6.45, 7) is 1.54. The lowest BCUT2D eigenvalue weighted by Crippen LogP contribution is -2.46. The third-order valence-electron chi connectivity index (χ3n) is 5.87. The maximum atomic E-state index is 12.5. The minimum Gasteiger partial charge on any atom is -0.459 e. The number of esters is 2. The Bertz CT molecular complexity index is 1070. The van der Waals surface area contributed by atoms with Crippen molar-refractivity contribution in [2.75, 3.05) is 13.2 Å². The van der Waals surface area contributed by atoms with Crippen LogP contribution in [0.25, 0.3) is 0 Å². The maximum Gasteiger partial charge on any atom is 0.338 e. The van der Waals surface area contributed by atoms with E-state index in [9.17, 15) is 14.4 Å². The van der Waals surface area contributed by atoms with Gasteiger partial charge in [-0.25, -0.2) is 4.79 Å². The van der Waals surface area contributed by atoms with Crippen molar-refractivity contribution in [3.8, 4) is 0 Å². The minimum atomic E-state index is -0.947. The lowest BCUT2D eigenvalue weighted by Gasteiger charge is -2.36. The second-order valence-electron chi connectivity index (χ2n) is 8.68. The van der Waals surface area contributed by atoms with Crippen molar-refractivity contribution in [1.29, 1.82) is 0 Å². The highest BCUT2D eigenvalue weighted by atomic mass is 16.7. The molecule has 0 saturated carbocycles. The lowest BCUT2D eigenvalue weighted by molar-refractivity contribution is -0.250. The second-order valence-corrected chi connectivity index (χ2v) is 8.68. The first-order valence-corrected chi connectivity index (χ1v) is 12.2. The summed E-state index contributed by atoms with van der Waals surface area (Å²) in [6, 6.07) is 18.5. The van der Waals surface area contributed by atoms with Crippen LogP contribution in [0.1, 0.15) is 35.7 Å². The van der Waals surface area contributed by atoms with Crippen LogP contribution in [0.15, 0.2) is 72.8 Å². The molecule has 0 amide bonds. The van der Waals surface area contributed by atoms with Crippen LogP contribution >= 0.6 is 0 Å². The molecule has 2 aliphatic heterocycles. The quantitative estimate of drug-likeness (QED) is 0.445. The van der Waals surface area contributed by atoms with E-state index >= 15 is 0 Å². The van der Waals surface area contributed by atoms with Gasteiger partial charge >= 0.3 is 11.9 Å². The van der Waals surface area contributed by atoms with Gasteiger partial charge < -0.3 is 28.4 Å². The van der Waals surface area contributed by atoms with Crippen LogP contribution in [0.3, 0.4) is 0 Å². The highest BCUT2D eigenvalue weighted by molar-refractivity contribution is 5.94. The average molecular weight is 511 g/mol. The SMILES string of the molecule is CC(=O)O[C@@H]1C=CC(=O)[C@@H](CO[C@@H]2CC[C@H](OCc3ccccc3)[C@@H](COC(=O)c3ccccc3)O2)O1. The maximum absolute atomic E-state index is 12.5. The predicted molar refractivity (Wildman–Crippen MR) is 130 cm³/mol. The molecule has 5 atom stereocenters. The van der Waals surface area contributed by atoms with Crippen molar-refractivity contribution in [2.45, 2.75) is 57.3 Å². The standard InChI is InChI=1S/C28H30O9/c1-19(29)35-27-14-12-22(30)24(36-27)17-33-26-15-13-23(32-16-20-8-4-2-5-9-20)25(37-26)18-34-28(31)21-10-6-3-7-11-21/h2-12,14,23-27H,13,15-18H2,1H3/t23-,24+,25+,26-,27-/m0/s1. The van der Waals surface area contributed by atoms with Crippen LogP contribution in [0.4, 0.5) is 0 Å². The van der Waals surface area contributed by atoms with Crippen molar-refractivity contribution in [3.63, 3.8) is 0 Å². The molecule has 0 bridgehead atoms. The van der Waals surface area contributed by atoms with E-state index in [-0.39, 0.29) is 25.1 Å². The Morgan fingerprint density at radius 1 is 0.919 bits per heavy atom. The van der Waals surface area contributed by atoms with Crippen LogP contribution in [-0.4, -0.2) is 61.8 Å². The van der Waals surface area contributed by atoms with Gasteiger partial charge in [0.05, 0.1) is 24.9 Å². The molecule has 2 aromatic carbocycles. The number of carbonyl (C=O) groups is 3. The largest absolute Gasteiger partial charge is 0.459 e. The van der Waals surface area contributed by atoms with E-state index in [0.717, 1.165) is 5.56 Å². The lowest BCUT2D eigenvalue weighted by atomic mass is 10.0. The van der Waals surface area contributed by atoms with E-state index in [0.29, 0.717) is 25.0 Å². The van der Waals surface area contributed by atoms with Crippen molar-refractivity contribution in [1.82, 2.24) is 0 Å². The molecule has 0 radical (unpaired) electrons. The normalized spacial score (nSPS) is 25.4. The highest BCUT2D eigenvalue weighted by Gasteiger charge is 2.35. The van der Waals surface area contributed by atoms with Gasteiger partial charge in [0.2, 0.25) is 6.29 Å². The van der Waals surface area contributed by atoms with Crippen molar-refractivity contribution in [2.24, 2.45) is 0 Å². The van der Waals surface area contributed by atoms with E-state index < -0.39 is 36.7 Å². The molecule has 0 aliphatic carbocycles. The Morgan fingerprint density at radius 2 is 1.65 bits per heavy atom. The van der Waals surface area contributed by atoms with Crippen molar-refractivity contribution >= 4 is 17.7 Å². The Labute approximate surface area is 215 Å². The zero-order chi connectivity index (χ0) is 26.0. The second kappa shape index (κ2) is 13.3. The molecule has 9 heteroatoms. The summed E-state index contributed by atoms with van der Waals surface area (Å²) in [5.74, 6) is -1.27. The Kier molecular flexibility index (Phi) is 9.56. The van der Waals surface area contributed by atoms with E-state index in [1.165, 1.54) is 19.1 Å². The predicted octanol–water partition coefficient (Wildman–Crippen LogP) is 3.36. The molecule has 4 rings (SSSR count). The molecule has 0 spiro atoms. The van der Waals surface area contributed by atoms with Crippen molar-refractivity contribution < 1.29 is 42.8 Å². The first-order valence-electron chi connectivity index (χ1n) is 12.2. The fraction of sp³-hybridized carbons (Fsp3) is 0.393. The Balaban J connectivity index is 1.34. The monoisotopic (exact) mass is 510 g/mol. The molecule has 2 heterocycles. The molecule has 37 heavy (non-hydrogen) atoms. The van der Waals surface area contributed by atoms with E-state index in [2.05, 4.69) is 0 Å². The van der Waals surface area contributed by atoms with Gasteiger partial charge in [-0.15, -0.1) is 0 Å². The molecular formula is C28H30O9. The van der Waals surface area contributed by atoms with Gasteiger partial charge in [-0.05, 0) is 36.3 Å². The Hall–Kier alpha value is -3.37. The summed E-state index contributed by atoms with van der Waals surface area (Å²) in [5.41, 5.74) is 1.46. The van der Waals surface area contributed by atoms with Crippen LogP contribution < -0.4 is 0 Å². The van der Waals surface area contributed by atoms with Gasteiger partial charge in [0.25, 0.3) is 0 Å². The molecule has 1 saturated heterocycles. The molecule has 0 aromatic heterocycles. The molecule has 1 fully saturated rings. The summed E-state index contributed by atoms with van der Waals surface area (Å²) < 4.78 is 34.1. The number of benzene rings is 2. The summed E-state index contributed by atoms with van der Waals surface area (Å²) in [7, 11) is 0. The number of hydrogen-bond donors (Lipinski definition) is 0. The molecule has 2 aliphatic rings. The summed E-state index contributed by atoms with van der Waals surface area (Å²) in [6.07, 6.45) is 0.352. The number of rotatable bonds is 10. The molecule has 2 aromatic rings. The number of hydrogen-bond acceptors (Lipinski definition) is 9. The number of carbonyl (C=O) groups excluding carboxylic acids is 3. The minimum absolute atomic E-state index is 0.0246. The topological polar surface area (TPSA) is 107 Å². The molecule has 196 valence electrons. The third-order valence-corrected chi connectivity index (χ3v) is 5.87. The van der Waals surface area contributed by atoms with E-state index in [1.807, 2.05) is 36.4 Å². The van der Waals surface area contributed by atoms with Crippen LogP contribution in [-0.2, 0) is 44.6 Å². The van der Waals surface area contributed by atoms with E-state index in [1.54, 1.807) is 24.3 Å². The van der Waals surface area contributed by atoms with Gasteiger partial charge in [-0.1, -0.05) is 48.5 Å². The number of ketones is 1. The summed E-state index contributed by atoms with van der Waals surface area (Å²) >= 11 is 0. The molecule has 0 N–H and O–H groups in total. The van der Waals surface area contributed by atoms with Crippen LogP contribution in [0.5, 0.6) is 0 Å². The van der Waals surface area contributed by atoms with Gasteiger partial charge in [0, 0.05) is 13.3 Å². The smallest absolute Gasteiger partial charge is 0.338 e. The summed E-state index contributed by atoms with van der Waals surface area (Å²) in [5, 5.41) is 0. The first-order chi connectivity index (χ1) is 18.0. The summed E-state index contributed by atoms with van der Waals surface area (Å²) in [4.78, 5) is 35.9. The zero-order valence-electron chi connectivity index (χ0n) is 20.5. The van der Waals surface area contributed by atoms with Gasteiger partial charge in [0.15, 0.2) is 12.1 Å². The zero-order valence-corrected chi connectivity index (χ0v) is 20.5. The molecule has 9 nitrogen and oxygen atoms in total. The average Bonchev–Trinajstić information content (AvgIpc) is 2.92. The van der Waals surface area contributed by atoms with Gasteiger partial charge in [0.1, 0.15) is 18.8 Å². The van der Waals surface area contributed by atoms with Gasteiger partial charge in [-0.3, -0.25) is 9.59 Å². The first kappa shape index (κ1) is 26.7. The fourth-order valence-electron chi connectivity index (χ4n) is 3.99. The molecular weight excluding hydrogens is 480 g/mol. The van der Waals surface area contributed by atoms with Crippen molar-refractivity contribution in [3.05, 3.63) is 83.9 Å². The highest BCUT2D eigenvalue weighted by Crippen LogP contribution is 2.25. The van der Waals surface area contributed by atoms with Gasteiger partial charge in [-0.2, -0.15) is 0 Å². The third kappa shape index (κ3) is 8.06. The fourth-order valence-corrected chi connectivity index (χ4v) is 3.99. The molecule has 0 unspecified atom stereocenters. The van der Waals surface area contributed by atoms with Crippen LogP contribution in [0.2, 0.25) is 0 Å². The number of ether oxygens (including phenoxy) is 6. The van der Waals surface area contributed by atoms with E-state index in [4.69, 9.17) is 28.4 Å².